The van der Waals surface area contributed by atoms with E-state index in [0.29, 0.717) is 46.0 Å². The van der Waals surface area contributed by atoms with Gasteiger partial charge < -0.3 is 16.2 Å². The number of nitrogens with two attached hydrogens (primary N) is 1. The molecule has 3 aromatic carbocycles. The number of benzene rings is 3. The lowest BCUT2D eigenvalue weighted by molar-refractivity contribution is -0.138. The van der Waals surface area contributed by atoms with E-state index in [1.165, 1.54) is 0 Å². The topological polar surface area (TPSA) is 136 Å². The van der Waals surface area contributed by atoms with E-state index in [4.69, 9.17) is 15.7 Å². The summed E-state index contributed by atoms with van der Waals surface area (Å²) in [5.74, 6) is -0.941. The van der Waals surface area contributed by atoms with Crippen molar-refractivity contribution in [2.24, 2.45) is 0 Å². The summed E-state index contributed by atoms with van der Waals surface area (Å²) in [5, 5.41) is 12.2. The summed E-state index contributed by atoms with van der Waals surface area (Å²) < 4.78 is 1.96. The fourth-order valence-corrected chi connectivity index (χ4v) is 4.90. The number of aromatic nitrogens is 4. The van der Waals surface area contributed by atoms with Crippen molar-refractivity contribution < 1.29 is 14.7 Å². The normalized spacial score (nSPS) is 11.7. The number of aliphatic carboxylic acids is 1. The third kappa shape index (κ3) is 5.56. The fraction of sp³-hybridized carbons (Fsp3) is 0.0882. The minimum atomic E-state index is -0.941. The molecule has 0 aliphatic rings. The molecule has 0 saturated carbocycles. The number of carbonyl (C=O) groups excluding carboxylic acids is 1. The van der Waals surface area contributed by atoms with Gasteiger partial charge in [-0.25, -0.2) is 15.0 Å². The van der Waals surface area contributed by atoms with E-state index in [1.54, 1.807) is 37.4 Å². The zero-order valence-corrected chi connectivity index (χ0v) is 23.3. The first kappa shape index (κ1) is 27.3. The van der Waals surface area contributed by atoms with Crippen LogP contribution in [0.4, 0.5) is 5.82 Å². The summed E-state index contributed by atoms with van der Waals surface area (Å²) in [4.78, 5) is 38.3. The van der Waals surface area contributed by atoms with Crippen molar-refractivity contribution in [2.45, 2.75) is 19.4 Å². The summed E-state index contributed by atoms with van der Waals surface area (Å²) >= 11 is 0. The molecule has 6 aromatic rings. The highest BCUT2D eigenvalue weighted by Crippen LogP contribution is 2.31. The van der Waals surface area contributed by atoms with Gasteiger partial charge in [0.2, 0.25) is 0 Å². The monoisotopic (exact) mass is 568 g/mol. The molecule has 0 radical (unpaired) electrons. The van der Waals surface area contributed by atoms with Gasteiger partial charge in [-0.15, -0.1) is 0 Å². The van der Waals surface area contributed by atoms with Gasteiger partial charge in [0.25, 0.3) is 5.91 Å². The highest BCUT2D eigenvalue weighted by Gasteiger charge is 2.19. The summed E-state index contributed by atoms with van der Waals surface area (Å²) in [6, 6.07) is 32.0. The van der Waals surface area contributed by atoms with E-state index in [9.17, 15) is 14.7 Å². The van der Waals surface area contributed by atoms with Gasteiger partial charge in [0.15, 0.2) is 11.5 Å². The number of nitrogen functional groups attached to an aromatic ring is 1. The molecule has 0 fully saturated rings. The Morgan fingerprint density at radius 3 is 2.44 bits per heavy atom. The molecule has 0 bridgehead atoms. The van der Waals surface area contributed by atoms with Crippen LogP contribution in [0.2, 0.25) is 0 Å². The molecule has 3 heterocycles. The Labute approximate surface area is 247 Å². The number of carbonyl (C=O) groups is 2. The van der Waals surface area contributed by atoms with Gasteiger partial charge in [-0.05, 0) is 66.6 Å². The molecule has 0 aliphatic heterocycles. The summed E-state index contributed by atoms with van der Waals surface area (Å²) in [5.41, 5.74) is 12.9. The molecule has 9 heteroatoms. The summed E-state index contributed by atoms with van der Waals surface area (Å²) in [7, 11) is 0. The van der Waals surface area contributed by atoms with Crippen molar-refractivity contribution >= 4 is 28.9 Å². The van der Waals surface area contributed by atoms with Crippen molar-refractivity contribution in [2.75, 3.05) is 5.73 Å². The molecule has 6 rings (SSSR count). The van der Waals surface area contributed by atoms with Crippen LogP contribution in [-0.4, -0.2) is 36.5 Å². The lowest BCUT2D eigenvalue weighted by Crippen LogP contribution is -2.23. The molecular weight excluding hydrogens is 540 g/mol. The predicted molar refractivity (Wildman–Crippen MR) is 166 cm³/mol. The number of pyridine rings is 2. The average Bonchev–Trinajstić information content (AvgIpc) is 3.42. The molecule has 0 spiro atoms. The lowest BCUT2D eigenvalue weighted by atomic mass is 9.99. The van der Waals surface area contributed by atoms with Crippen molar-refractivity contribution in [1.29, 1.82) is 0 Å². The molecule has 1 atom stereocenters. The Bertz CT molecular complexity index is 1950. The van der Waals surface area contributed by atoms with Crippen molar-refractivity contribution in [1.82, 2.24) is 24.8 Å². The number of imidazole rings is 1. The second kappa shape index (κ2) is 11.6. The Balaban J connectivity index is 1.31. The molecule has 1 amide bonds. The lowest BCUT2D eigenvalue weighted by Gasteiger charge is -2.12. The first-order valence-corrected chi connectivity index (χ1v) is 13.7. The third-order valence-electron chi connectivity index (χ3n) is 7.32. The van der Waals surface area contributed by atoms with Crippen LogP contribution in [0.3, 0.4) is 0 Å². The van der Waals surface area contributed by atoms with Gasteiger partial charge in [0.1, 0.15) is 11.3 Å². The number of hydrogen-bond acceptors (Lipinski definition) is 6. The van der Waals surface area contributed by atoms with Gasteiger partial charge in [-0.1, -0.05) is 54.6 Å². The van der Waals surface area contributed by atoms with E-state index in [0.717, 1.165) is 22.5 Å². The summed E-state index contributed by atoms with van der Waals surface area (Å²) in [6.45, 7) is 1.89. The Morgan fingerprint density at radius 2 is 1.70 bits per heavy atom. The van der Waals surface area contributed by atoms with Crippen molar-refractivity contribution in [3.8, 4) is 28.3 Å². The van der Waals surface area contributed by atoms with Crippen LogP contribution in [0.1, 0.15) is 34.3 Å². The molecular formula is C34H28N6O3. The minimum absolute atomic E-state index is 0.281. The van der Waals surface area contributed by atoms with Gasteiger partial charge in [-0.3, -0.25) is 14.2 Å². The number of hydrogen-bond donors (Lipinski definition) is 3. The van der Waals surface area contributed by atoms with Crippen LogP contribution >= 0.6 is 0 Å². The molecule has 4 N–H and O–H groups in total. The first-order chi connectivity index (χ1) is 20.9. The van der Waals surface area contributed by atoms with Gasteiger partial charge in [0.05, 0.1) is 17.2 Å². The SMILES string of the molecule is CC(C(=O)O)c1cccc(C(=O)NCc2ccc(-n3c(-c4cccnc4N)nc4ccc(-c5ccccc5)nc43)cc2)c1. The minimum Gasteiger partial charge on any atom is -0.481 e. The number of carboxylic acids is 1. The Hall–Kier alpha value is -5.83. The maximum Gasteiger partial charge on any atom is 0.310 e. The van der Waals surface area contributed by atoms with Crippen molar-refractivity contribution in [3.63, 3.8) is 0 Å². The zero-order valence-electron chi connectivity index (χ0n) is 23.3. The van der Waals surface area contributed by atoms with Crippen LogP contribution < -0.4 is 11.1 Å². The van der Waals surface area contributed by atoms with Crippen LogP contribution in [0.5, 0.6) is 0 Å². The second-order valence-electron chi connectivity index (χ2n) is 10.1. The first-order valence-electron chi connectivity index (χ1n) is 13.7. The zero-order chi connectivity index (χ0) is 29.9. The van der Waals surface area contributed by atoms with E-state index < -0.39 is 11.9 Å². The van der Waals surface area contributed by atoms with E-state index in [1.807, 2.05) is 83.4 Å². The maximum atomic E-state index is 12.8. The Morgan fingerprint density at radius 1 is 0.907 bits per heavy atom. The van der Waals surface area contributed by atoms with E-state index >= 15 is 0 Å². The average molecular weight is 569 g/mol. The van der Waals surface area contributed by atoms with Gasteiger partial charge in [0, 0.05) is 29.6 Å². The maximum absolute atomic E-state index is 12.8. The molecule has 1 unspecified atom stereocenters. The van der Waals surface area contributed by atoms with Gasteiger partial charge in [-0.2, -0.15) is 0 Å². The standard InChI is InChI=1S/C34H28N6O3/c1-21(34(42)43)24-9-5-10-25(19-24)33(41)37-20-22-12-14-26(15-13-22)40-31(27-11-6-18-36-30(27)35)39-29-17-16-28(38-32(29)40)23-7-3-2-4-8-23/h2-19,21H,20H2,1H3,(H2,35,36)(H,37,41)(H,42,43). The third-order valence-corrected chi connectivity index (χ3v) is 7.32. The van der Waals surface area contributed by atoms with Crippen LogP contribution in [0.25, 0.3) is 39.5 Å². The molecule has 9 nitrogen and oxygen atoms in total. The molecule has 3 aromatic heterocycles. The highest BCUT2D eigenvalue weighted by molar-refractivity contribution is 5.94. The number of fused-ring (bicyclic) bond motifs is 1. The van der Waals surface area contributed by atoms with E-state index in [-0.39, 0.29) is 5.91 Å². The number of rotatable bonds is 8. The number of nitrogens with zero attached hydrogens (tertiary/aromatic N) is 4. The van der Waals surface area contributed by atoms with Crippen LogP contribution in [0, 0.1) is 0 Å². The largest absolute Gasteiger partial charge is 0.481 e. The van der Waals surface area contributed by atoms with E-state index in [2.05, 4.69) is 10.3 Å². The molecule has 0 saturated heterocycles. The molecule has 212 valence electrons. The molecule has 43 heavy (non-hydrogen) atoms. The van der Waals surface area contributed by atoms with Crippen molar-refractivity contribution in [3.05, 3.63) is 126 Å². The highest BCUT2D eigenvalue weighted by atomic mass is 16.4. The quantitative estimate of drug-likeness (QED) is 0.210. The van der Waals surface area contributed by atoms with Crippen LogP contribution in [0.15, 0.2) is 109 Å². The number of anilines is 1. The Kier molecular flexibility index (Phi) is 7.36. The number of amides is 1. The predicted octanol–water partition coefficient (Wildman–Crippen LogP) is 5.85. The smallest absolute Gasteiger partial charge is 0.310 e. The number of carboxylic acid groups (broad SMARTS) is 1. The second-order valence-corrected chi connectivity index (χ2v) is 10.1. The molecule has 0 aliphatic carbocycles. The fourth-order valence-electron chi connectivity index (χ4n) is 4.90. The van der Waals surface area contributed by atoms with Crippen LogP contribution in [-0.2, 0) is 11.3 Å². The van der Waals surface area contributed by atoms with Gasteiger partial charge >= 0.3 is 5.97 Å². The summed E-state index contributed by atoms with van der Waals surface area (Å²) in [6.07, 6.45) is 1.64. The number of nitrogens with one attached hydrogen (secondary N) is 1.